The average molecular weight is 286 g/mol. The van der Waals surface area contributed by atoms with Crippen LogP contribution in [0.4, 0.5) is 18.9 Å². The smallest absolute Gasteiger partial charge is 0.377 e. The third-order valence-corrected chi connectivity index (χ3v) is 2.75. The van der Waals surface area contributed by atoms with Gasteiger partial charge in [0.2, 0.25) is 0 Å². The molecule has 0 atom stereocenters. The molecule has 0 aliphatic carbocycles. The lowest BCUT2D eigenvalue weighted by Crippen LogP contribution is -2.24. The van der Waals surface area contributed by atoms with Crippen molar-refractivity contribution >= 4 is 5.69 Å². The molecule has 0 aromatic heterocycles. The number of nitriles is 1. The first-order valence-corrected chi connectivity index (χ1v) is 6.19. The zero-order valence-corrected chi connectivity index (χ0v) is 11.7. The molecule has 0 saturated carbocycles. The van der Waals surface area contributed by atoms with Gasteiger partial charge >= 0.3 is 6.18 Å². The van der Waals surface area contributed by atoms with Crippen LogP contribution in [0.15, 0.2) is 18.2 Å². The van der Waals surface area contributed by atoms with Crippen LogP contribution in [-0.2, 0) is 10.9 Å². The highest BCUT2D eigenvalue weighted by Crippen LogP contribution is 2.34. The van der Waals surface area contributed by atoms with Gasteiger partial charge in [0, 0.05) is 19.3 Å². The highest BCUT2D eigenvalue weighted by Gasteiger charge is 2.34. The average Bonchev–Trinajstić information content (AvgIpc) is 2.36. The fraction of sp³-hybridized carbons (Fsp3) is 0.500. The van der Waals surface area contributed by atoms with E-state index < -0.39 is 11.7 Å². The number of anilines is 1. The number of rotatable bonds is 5. The summed E-state index contributed by atoms with van der Waals surface area (Å²) >= 11 is 0. The number of benzene rings is 1. The first-order chi connectivity index (χ1) is 9.25. The minimum Gasteiger partial charge on any atom is -0.377 e. The summed E-state index contributed by atoms with van der Waals surface area (Å²) in [6.07, 6.45) is -4.45. The first kappa shape index (κ1) is 16.3. The Balaban J connectivity index is 2.89. The van der Waals surface area contributed by atoms with Gasteiger partial charge in [-0.2, -0.15) is 18.4 Å². The van der Waals surface area contributed by atoms with E-state index in [9.17, 15) is 13.2 Å². The SMILES string of the molecule is CC(C)OCCN(C)c1ccc(C#N)c(C(F)(F)F)c1. The van der Waals surface area contributed by atoms with Gasteiger partial charge in [-0.1, -0.05) is 0 Å². The van der Waals surface area contributed by atoms with Gasteiger partial charge in [-0.25, -0.2) is 0 Å². The van der Waals surface area contributed by atoms with Gasteiger partial charge < -0.3 is 9.64 Å². The van der Waals surface area contributed by atoms with Crippen LogP contribution in [0.5, 0.6) is 0 Å². The van der Waals surface area contributed by atoms with Crippen molar-refractivity contribution in [3.8, 4) is 6.07 Å². The molecule has 0 amide bonds. The van der Waals surface area contributed by atoms with Gasteiger partial charge in [0.25, 0.3) is 0 Å². The first-order valence-electron chi connectivity index (χ1n) is 6.19. The van der Waals surface area contributed by atoms with E-state index in [4.69, 9.17) is 10.00 Å². The van der Waals surface area contributed by atoms with E-state index in [0.29, 0.717) is 18.8 Å². The fourth-order valence-corrected chi connectivity index (χ4v) is 1.66. The molecular weight excluding hydrogens is 269 g/mol. The number of halogens is 3. The molecule has 6 heteroatoms. The molecule has 0 spiro atoms. The lowest BCUT2D eigenvalue weighted by molar-refractivity contribution is -0.137. The van der Waals surface area contributed by atoms with E-state index in [2.05, 4.69) is 0 Å². The molecule has 110 valence electrons. The molecule has 0 aliphatic heterocycles. The molecule has 0 N–H and O–H groups in total. The Labute approximate surface area is 116 Å². The fourth-order valence-electron chi connectivity index (χ4n) is 1.66. The summed E-state index contributed by atoms with van der Waals surface area (Å²) in [4.78, 5) is 1.67. The summed E-state index contributed by atoms with van der Waals surface area (Å²) in [7, 11) is 1.69. The van der Waals surface area contributed by atoms with Crippen LogP contribution in [0.25, 0.3) is 0 Å². The van der Waals surface area contributed by atoms with E-state index >= 15 is 0 Å². The van der Waals surface area contributed by atoms with Crippen molar-refractivity contribution in [2.45, 2.75) is 26.1 Å². The number of likely N-dealkylation sites (N-methyl/N-ethyl adjacent to an activating group) is 1. The molecule has 0 unspecified atom stereocenters. The summed E-state index contributed by atoms with van der Waals surface area (Å²) in [5.74, 6) is 0. The second-order valence-electron chi connectivity index (χ2n) is 4.68. The van der Waals surface area contributed by atoms with Crippen molar-refractivity contribution in [1.82, 2.24) is 0 Å². The van der Waals surface area contributed by atoms with E-state index in [1.54, 1.807) is 18.0 Å². The topological polar surface area (TPSA) is 36.3 Å². The van der Waals surface area contributed by atoms with Gasteiger partial charge in [0.05, 0.1) is 29.9 Å². The molecule has 0 heterocycles. The summed E-state index contributed by atoms with van der Waals surface area (Å²) in [5.41, 5.74) is -0.870. The van der Waals surface area contributed by atoms with Crippen LogP contribution in [0, 0.1) is 11.3 Å². The Morgan fingerprint density at radius 1 is 1.35 bits per heavy atom. The van der Waals surface area contributed by atoms with Crippen LogP contribution in [0.1, 0.15) is 25.0 Å². The number of ether oxygens (including phenoxy) is 1. The third-order valence-electron chi connectivity index (χ3n) is 2.75. The second kappa shape index (κ2) is 6.62. The predicted octanol–water partition coefficient (Wildman–Crippen LogP) is 3.44. The number of nitrogens with zero attached hydrogens (tertiary/aromatic N) is 2. The van der Waals surface area contributed by atoms with Crippen LogP contribution in [0.3, 0.4) is 0 Å². The van der Waals surface area contributed by atoms with Crippen LogP contribution in [-0.4, -0.2) is 26.3 Å². The van der Waals surface area contributed by atoms with E-state index in [1.165, 1.54) is 12.1 Å². The van der Waals surface area contributed by atoms with Gasteiger partial charge in [-0.05, 0) is 32.0 Å². The zero-order valence-electron chi connectivity index (χ0n) is 11.7. The van der Waals surface area contributed by atoms with Gasteiger partial charge in [0.15, 0.2) is 0 Å². The number of alkyl halides is 3. The predicted molar refractivity (Wildman–Crippen MR) is 70.5 cm³/mol. The molecule has 0 radical (unpaired) electrons. The molecule has 1 rings (SSSR count). The van der Waals surface area contributed by atoms with E-state index in [1.807, 2.05) is 13.8 Å². The van der Waals surface area contributed by atoms with Gasteiger partial charge in [-0.15, -0.1) is 0 Å². The molecule has 0 saturated heterocycles. The quantitative estimate of drug-likeness (QED) is 0.832. The minimum absolute atomic E-state index is 0.0788. The Kier molecular flexibility index (Phi) is 5.40. The van der Waals surface area contributed by atoms with Crippen molar-refractivity contribution in [3.63, 3.8) is 0 Å². The van der Waals surface area contributed by atoms with Crippen molar-refractivity contribution in [2.75, 3.05) is 25.1 Å². The summed E-state index contributed by atoms with van der Waals surface area (Å²) < 4.78 is 43.9. The highest BCUT2D eigenvalue weighted by molar-refractivity contribution is 5.54. The molecule has 1 aromatic rings. The third kappa shape index (κ3) is 4.42. The monoisotopic (exact) mass is 286 g/mol. The normalized spacial score (nSPS) is 11.5. The zero-order chi connectivity index (χ0) is 15.3. The number of hydrogen-bond acceptors (Lipinski definition) is 3. The molecule has 0 aliphatic rings. The molecule has 3 nitrogen and oxygen atoms in total. The maximum Gasteiger partial charge on any atom is 0.417 e. The Morgan fingerprint density at radius 3 is 2.50 bits per heavy atom. The molecule has 0 bridgehead atoms. The van der Waals surface area contributed by atoms with Gasteiger partial charge in [0.1, 0.15) is 0 Å². The van der Waals surface area contributed by atoms with Crippen LogP contribution < -0.4 is 4.90 Å². The minimum atomic E-state index is -4.53. The molecule has 1 aromatic carbocycles. The molecule has 20 heavy (non-hydrogen) atoms. The van der Waals surface area contributed by atoms with Crippen molar-refractivity contribution in [2.24, 2.45) is 0 Å². The van der Waals surface area contributed by atoms with E-state index in [0.717, 1.165) is 6.07 Å². The van der Waals surface area contributed by atoms with Crippen molar-refractivity contribution < 1.29 is 17.9 Å². The van der Waals surface area contributed by atoms with Crippen LogP contribution >= 0.6 is 0 Å². The molecular formula is C14H17F3N2O. The largest absolute Gasteiger partial charge is 0.417 e. The Hall–Kier alpha value is -1.74. The highest BCUT2D eigenvalue weighted by atomic mass is 19.4. The summed E-state index contributed by atoms with van der Waals surface area (Å²) in [6.45, 7) is 4.68. The summed E-state index contributed by atoms with van der Waals surface area (Å²) in [5, 5.41) is 8.73. The number of hydrogen-bond donors (Lipinski definition) is 0. The lowest BCUT2D eigenvalue weighted by Gasteiger charge is -2.21. The standard InChI is InChI=1S/C14H17F3N2O/c1-10(2)20-7-6-19(3)12-5-4-11(9-18)13(8-12)14(15,16)17/h4-5,8,10H,6-7H2,1-3H3. The molecule has 0 fully saturated rings. The Bertz CT molecular complexity index is 492. The Morgan fingerprint density at radius 2 is 2.00 bits per heavy atom. The summed E-state index contributed by atoms with van der Waals surface area (Å²) in [6, 6.07) is 5.25. The van der Waals surface area contributed by atoms with Crippen molar-refractivity contribution in [3.05, 3.63) is 29.3 Å². The van der Waals surface area contributed by atoms with E-state index in [-0.39, 0.29) is 11.7 Å². The van der Waals surface area contributed by atoms with Gasteiger partial charge in [-0.3, -0.25) is 0 Å². The maximum atomic E-state index is 12.8. The maximum absolute atomic E-state index is 12.8. The van der Waals surface area contributed by atoms with Crippen LogP contribution in [0.2, 0.25) is 0 Å². The second-order valence-corrected chi connectivity index (χ2v) is 4.68. The van der Waals surface area contributed by atoms with Crippen molar-refractivity contribution in [1.29, 1.82) is 5.26 Å². The lowest BCUT2D eigenvalue weighted by atomic mass is 10.1.